The van der Waals surface area contributed by atoms with Gasteiger partial charge in [0.2, 0.25) is 0 Å². The Hall–Kier alpha value is -2.36. The van der Waals surface area contributed by atoms with Crippen LogP contribution in [0, 0.1) is 12.7 Å². The number of carbonyl (C=O) groups is 1. The number of nitrogens with one attached hydrogen (secondary N) is 1. The molecule has 2 rings (SSSR count). The molecule has 2 aromatic rings. The molecule has 20 heavy (non-hydrogen) atoms. The smallest absolute Gasteiger partial charge is 0.305 e. The van der Waals surface area contributed by atoms with E-state index in [1.54, 1.807) is 17.0 Å². The van der Waals surface area contributed by atoms with E-state index in [2.05, 4.69) is 5.32 Å². The lowest BCUT2D eigenvalue weighted by molar-refractivity contribution is 0.257. The van der Waals surface area contributed by atoms with Gasteiger partial charge in [-0.3, -0.25) is 4.90 Å². The highest BCUT2D eigenvalue weighted by Gasteiger charge is 2.15. The van der Waals surface area contributed by atoms with Crippen LogP contribution < -0.4 is 10.2 Å². The van der Waals surface area contributed by atoms with Crippen molar-refractivity contribution in [2.24, 2.45) is 0 Å². The second-order valence-electron chi connectivity index (χ2n) is 4.49. The molecule has 104 valence electrons. The van der Waals surface area contributed by atoms with Gasteiger partial charge in [0.1, 0.15) is 5.82 Å². The van der Waals surface area contributed by atoms with E-state index >= 15 is 0 Å². The van der Waals surface area contributed by atoms with Crippen LogP contribution in [0.25, 0.3) is 0 Å². The monoisotopic (exact) mass is 272 g/mol. The zero-order valence-electron chi connectivity index (χ0n) is 11.6. The number of urea groups is 1. The number of anilines is 2. The molecule has 0 aromatic heterocycles. The van der Waals surface area contributed by atoms with E-state index in [0.29, 0.717) is 6.54 Å². The number of carbonyl (C=O) groups excluding carboxylic acids is 1. The number of benzene rings is 2. The molecule has 0 atom stereocenters. The van der Waals surface area contributed by atoms with Gasteiger partial charge in [0.05, 0.1) is 5.69 Å². The molecule has 3 nitrogen and oxygen atoms in total. The lowest BCUT2D eigenvalue weighted by atomic mass is 10.2. The largest absolute Gasteiger partial charge is 0.326 e. The Kier molecular flexibility index (Phi) is 4.35. The summed E-state index contributed by atoms with van der Waals surface area (Å²) in [5.74, 6) is -0.443. The van der Waals surface area contributed by atoms with E-state index in [9.17, 15) is 9.18 Å². The normalized spacial score (nSPS) is 10.2. The Balaban J connectivity index is 2.20. The Morgan fingerprint density at radius 1 is 1.20 bits per heavy atom. The van der Waals surface area contributed by atoms with Crippen LogP contribution in [0.3, 0.4) is 0 Å². The van der Waals surface area contributed by atoms with Crippen molar-refractivity contribution in [3.63, 3.8) is 0 Å². The Morgan fingerprint density at radius 2 is 1.95 bits per heavy atom. The average molecular weight is 272 g/mol. The maximum atomic E-state index is 13.6. The van der Waals surface area contributed by atoms with Crippen molar-refractivity contribution in [2.45, 2.75) is 13.8 Å². The van der Waals surface area contributed by atoms with Crippen molar-refractivity contribution in [3.8, 4) is 0 Å². The van der Waals surface area contributed by atoms with Gasteiger partial charge in [-0.2, -0.15) is 0 Å². The van der Waals surface area contributed by atoms with Gasteiger partial charge in [0.15, 0.2) is 0 Å². The van der Waals surface area contributed by atoms with E-state index in [1.165, 1.54) is 12.1 Å². The van der Waals surface area contributed by atoms with Crippen molar-refractivity contribution in [1.82, 2.24) is 0 Å². The highest BCUT2D eigenvalue weighted by atomic mass is 19.1. The van der Waals surface area contributed by atoms with Gasteiger partial charge in [-0.15, -0.1) is 0 Å². The van der Waals surface area contributed by atoms with Crippen molar-refractivity contribution < 1.29 is 9.18 Å². The van der Waals surface area contributed by atoms with Crippen molar-refractivity contribution >= 4 is 17.4 Å². The van der Waals surface area contributed by atoms with Gasteiger partial charge in [-0.1, -0.05) is 24.3 Å². The third kappa shape index (κ3) is 3.15. The van der Waals surface area contributed by atoms with Crippen LogP contribution in [-0.2, 0) is 0 Å². The Bertz CT molecular complexity index is 613. The average Bonchev–Trinajstić information content (AvgIpc) is 2.42. The summed E-state index contributed by atoms with van der Waals surface area (Å²) in [6.45, 7) is 4.35. The van der Waals surface area contributed by atoms with Crippen molar-refractivity contribution in [1.29, 1.82) is 0 Å². The number of hydrogen-bond acceptors (Lipinski definition) is 1. The van der Waals surface area contributed by atoms with Gasteiger partial charge < -0.3 is 5.32 Å². The van der Waals surface area contributed by atoms with Crippen LogP contribution in [0.1, 0.15) is 12.5 Å². The molecule has 1 N–H and O–H groups in total. The lowest BCUT2D eigenvalue weighted by Gasteiger charge is -2.22. The van der Waals surface area contributed by atoms with Crippen LogP contribution in [0.4, 0.5) is 20.6 Å². The molecule has 0 fully saturated rings. The number of hydrogen-bond donors (Lipinski definition) is 1. The summed E-state index contributed by atoms with van der Waals surface area (Å²) in [5.41, 5.74) is 2.05. The number of aryl methyl sites for hydroxylation is 1. The minimum absolute atomic E-state index is 0.184. The summed E-state index contributed by atoms with van der Waals surface area (Å²) in [5, 5.41) is 2.59. The summed E-state index contributed by atoms with van der Waals surface area (Å²) < 4.78 is 13.6. The van der Waals surface area contributed by atoms with E-state index < -0.39 is 5.82 Å². The zero-order valence-corrected chi connectivity index (χ0v) is 11.6. The van der Waals surface area contributed by atoms with Crippen LogP contribution in [0.2, 0.25) is 0 Å². The van der Waals surface area contributed by atoms with E-state index in [-0.39, 0.29) is 11.7 Å². The van der Waals surface area contributed by atoms with Gasteiger partial charge in [-0.05, 0) is 43.7 Å². The predicted octanol–water partition coefficient (Wildman–Crippen LogP) is 4.19. The molecule has 0 unspecified atom stereocenters. The lowest BCUT2D eigenvalue weighted by Crippen LogP contribution is -2.35. The first-order valence-electron chi connectivity index (χ1n) is 6.51. The third-order valence-corrected chi connectivity index (χ3v) is 2.99. The number of para-hydroxylation sites is 1. The van der Waals surface area contributed by atoms with E-state index in [4.69, 9.17) is 0 Å². The molecule has 0 radical (unpaired) electrons. The number of amides is 2. The molecule has 0 spiro atoms. The third-order valence-electron chi connectivity index (χ3n) is 2.99. The highest BCUT2D eigenvalue weighted by molar-refractivity contribution is 6.01. The first-order valence-corrected chi connectivity index (χ1v) is 6.51. The molecule has 0 saturated carbocycles. The molecule has 2 amide bonds. The Labute approximate surface area is 118 Å². The molecule has 0 aliphatic heterocycles. The predicted molar refractivity (Wildman–Crippen MR) is 79.6 cm³/mol. The molecule has 0 aliphatic rings. The Morgan fingerprint density at radius 3 is 2.60 bits per heavy atom. The van der Waals surface area contributed by atoms with Gasteiger partial charge in [0, 0.05) is 12.2 Å². The summed E-state index contributed by atoms with van der Waals surface area (Å²) >= 11 is 0. The molecule has 0 saturated heterocycles. The van der Waals surface area contributed by atoms with E-state index in [0.717, 1.165) is 11.3 Å². The molecule has 0 heterocycles. The maximum Gasteiger partial charge on any atom is 0.326 e. The highest BCUT2D eigenvalue weighted by Crippen LogP contribution is 2.18. The van der Waals surface area contributed by atoms with E-state index in [1.807, 2.05) is 38.1 Å². The van der Waals surface area contributed by atoms with Gasteiger partial charge >= 0.3 is 6.03 Å². The van der Waals surface area contributed by atoms with Crippen molar-refractivity contribution in [3.05, 3.63) is 59.9 Å². The quantitative estimate of drug-likeness (QED) is 0.892. The van der Waals surface area contributed by atoms with Gasteiger partial charge in [0.25, 0.3) is 0 Å². The van der Waals surface area contributed by atoms with Crippen LogP contribution in [0.5, 0.6) is 0 Å². The van der Waals surface area contributed by atoms with Crippen molar-refractivity contribution in [2.75, 3.05) is 16.8 Å². The standard InChI is InChI=1S/C16H17FN2O/c1-3-19(13-8-6-7-12(2)11-13)16(20)18-15-10-5-4-9-14(15)17/h4-11H,3H2,1-2H3,(H,18,20). The number of halogens is 1. The molecule has 0 aliphatic carbocycles. The molecule has 2 aromatic carbocycles. The zero-order chi connectivity index (χ0) is 14.5. The second kappa shape index (κ2) is 6.19. The van der Waals surface area contributed by atoms with Crippen LogP contribution in [0.15, 0.2) is 48.5 Å². The minimum Gasteiger partial charge on any atom is -0.305 e. The molecular formula is C16H17FN2O. The first kappa shape index (κ1) is 14.1. The number of nitrogens with zero attached hydrogens (tertiary/aromatic N) is 1. The SMILES string of the molecule is CCN(C(=O)Nc1ccccc1F)c1cccc(C)c1. The molecule has 0 bridgehead atoms. The van der Waals surface area contributed by atoms with Gasteiger partial charge in [-0.25, -0.2) is 9.18 Å². The van der Waals surface area contributed by atoms with Crippen LogP contribution >= 0.6 is 0 Å². The topological polar surface area (TPSA) is 32.3 Å². The molecule has 4 heteroatoms. The fourth-order valence-corrected chi connectivity index (χ4v) is 1.98. The number of rotatable bonds is 3. The summed E-state index contributed by atoms with van der Waals surface area (Å²) in [6, 6.07) is 13.4. The second-order valence-corrected chi connectivity index (χ2v) is 4.49. The molecular weight excluding hydrogens is 255 g/mol. The minimum atomic E-state index is -0.443. The summed E-state index contributed by atoms with van der Waals surface area (Å²) in [6.07, 6.45) is 0. The summed E-state index contributed by atoms with van der Waals surface area (Å²) in [7, 11) is 0. The fraction of sp³-hybridized carbons (Fsp3) is 0.188. The maximum absolute atomic E-state index is 13.6. The summed E-state index contributed by atoms with van der Waals surface area (Å²) in [4.78, 5) is 13.8. The van der Waals surface area contributed by atoms with Crippen LogP contribution in [-0.4, -0.2) is 12.6 Å². The first-order chi connectivity index (χ1) is 9.61. The fourth-order valence-electron chi connectivity index (χ4n) is 1.98.